The van der Waals surface area contributed by atoms with Gasteiger partial charge in [0.05, 0.1) is 17.6 Å². The van der Waals surface area contributed by atoms with Crippen molar-refractivity contribution in [1.29, 1.82) is 0 Å². The molecule has 0 unspecified atom stereocenters. The molecule has 0 atom stereocenters. The zero-order valence-corrected chi connectivity index (χ0v) is 8.27. The van der Waals surface area contributed by atoms with Crippen molar-refractivity contribution in [2.75, 3.05) is 10.6 Å². The van der Waals surface area contributed by atoms with Gasteiger partial charge in [-0.05, 0) is 18.2 Å². The highest BCUT2D eigenvalue weighted by Crippen LogP contribution is 2.36. The molecule has 2 heterocycles. The van der Waals surface area contributed by atoms with Gasteiger partial charge in [-0.1, -0.05) is 0 Å². The molecule has 16 heavy (non-hydrogen) atoms. The summed E-state index contributed by atoms with van der Waals surface area (Å²) in [6.45, 7) is 0. The first kappa shape index (κ1) is 8.84. The zero-order chi connectivity index (χ0) is 11.0. The quantitative estimate of drug-likeness (QED) is 0.604. The fourth-order valence-corrected chi connectivity index (χ4v) is 1.64. The van der Waals surface area contributed by atoms with Crippen LogP contribution in [0.5, 0.6) is 0 Å². The Morgan fingerprint density at radius 1 is 1.12 bits per heavy atom. The Bertz CT molecular complexity index is 568. The van der Waals surface area contributed by atoms with Crippen LogP contribution in [0.15, 0.2) is 30.7 Å². The van der Waals surface area contributed by atoms with Crippen molar-refractivity contribution < 1.29 is 4.79 Å². The maximum Gasteiger partial charge on any atom is 0.157 e. The molecule has 0 bridgehead atoms. The van der Waals surface area contributed by atoms with Crippen molar-refractivity contribution in [3.8, 4) is 0 Å². The Labute approximate surface area is 91.5 Å². The summed E-state index contributed by atoms with van der Waals surface area (Å²) < 4.78 is 0. The highest BCUT2D eigenvalue weighted by Gasteiger charge is 2.14. The molecule has 3 rings (SSSR count). The van der Waals surface area contributed by atoms with Gasteiger partial charge in [-0.2, -0.15) is 0 Å². The molecule has 0 spiro atoms. The number of carbonyl (C=O) groups excluding carboxylic acids is 1. The fraction of sp³-hybridized carbons (Fsp3) is 0. The van der Waals surface area contributed by atoms with Crippen LogP contribution in [-0.2, 0) is 0 Å². The van der Waals surface area contributed by atoms with E-state index >= 15 is 0 Å². The lowest BCUT2D eigenvalue weighted by atomic mass is 10.1. The second-order valence-electron chi connectivity index (χ2n) is 3.46. The van der Waals surface area contributed by atoms with Gasteiger partial charge in [-0.25, -0.2) is 9.97 Å². The summed E-state index contributed by atoms with van der Waals surface area (Å²) in [7, 11) is 0. The molecule has 0 fully saturated rings. The van der Waals surface area contributed by atoms with E-state index in [4.69, 9.17) is 0 Å². The lowest BCUT2D eigenvalue weighted by Crippen LogP contribution is -2.08. The van der Waals surface area contributed by atoms with Crippen LogP contribution in [0.25, 0.3) is 0 Å². The summed E-state index contributed by atoms with van der Waals surface area (Å²) in [6, 6.07) is 5.39. The molecule has 5 nitrogen and oxygen atoms in total. The van der Waals surface area contributed by atoms with Crippen molar-refractivity contribution in [1.82, 2.24) is 9.97 Å². The molecule has 0 amide bonds. The molecule has 5 heteroatoms. The van der Waals surface area contributed by atoms with Gasteiger partial charge in [0, 0.05) is 5.56 Å². The van der Waals surface area contributed by atoms with Crippen LogP contribution in [0.2, 0.25) is 0 Å². The first-order valence-electron chi connectivity index (χ1n) is 4.80. The number of nitrogens with zero attached hydrogens (tertiary/aromatic N) is 2. The number of fused-ring (bicyclic) bond motifs is 2. The second kappa shape index (κ2) is 3.30. The standard InChI is InChI=1S/C11H8N4O/c16-5-7-1-2-8-9(3-7)15-11-10(14-8)4-12-6-13-11/h1-6,14H,(H,12,13,15). The largest absolute Gasteiger partial charge is 0.350 e. The van der Waals surface area contributed by atoms with Gasteiger partial charge >= 0.3 is 0 Å². The summed E-state index contributed by atoms with van der Waals surface area (Å²) in [4.78, 5) is 18.7. The van der Waals surface area contributed by atoms with E-state index in [9.17, 15) is 4.79 Å². The van der Waals surface area contributed by atoms with Crippen LogP contribution in [0.4, 0.5) is 22.9 Å². The van der Waals surface area contributed by atoms with Crippen molar-refractivity contribution in [3.05, 3.63) is 36.3 Å². The average molecular weight is 212 g/mol. The van der Waals surface area contributed by atoms with E-state index in [1.807, 2.05) is 6.07 Å². The van der Waals surface area contributed by atoms with Gasteiger partial charge in [-0.15, -0.1) is 0 Å². The van der Waals surface area contributed by atoms with Crippen LogP contribution < -0.4 is 10.6 Å². The topological polar surface area (TPSA) is 66.9 Å². The molecule has 1 aromatic carbocycles. The second-order valence-corrected chi connectivity index (χ2v) is 3.46. The summed E-state index contributed by atoms with van der Waals surface area (Å²) in [5.41, 5.74) is 3.21. The number of hydrogen-bond donors (Lipinski definition) is 2. The molecule has 0 aliphatic carbocycles. The summed E-state index contributed by atoms with van der Waals surface area (Å²) in [5.74, 6) is 0.713. The molecule has 1 aromatic heterocycles. The smallest absolute Gasteiger partial charge is 0.157 e. The van der Waals surface area contributed by atoms with Crippen LogP contribution >= 0.6 is 0 Å². The van der Waals surface area contributed by atoms with Crippen molar-refractivity contribution >= 4 is 29.2 Å². The third-order valence-electron chi connectivity index (χ3n) is 2.41. The molecule has 2 N–H and O–H groups in total. The Morgan fingerprint density at radius 3 is 2.94 bits per heavy atom. The normalized spacial score (nSPS) is 11.8. The Hall–Kier alpha value is -2.43. The van der Waals surface area contributed by atoms with Gasteiger partial charge in [0.15, 0.2) is 5.82 Å². The maximum atomic E-state index is 10.7. The molecular weight excluding hydrogens is 204 g/mol. The number of aromatic nitrogens is 2. The summed E-state index contributed by atoms with van der Waals surface area (Å²) in [6.07, 6.45) is 3.99. The number of hydrogen-bond acceptors (Lipinski definition) is 5. The minimum Gasteiger partial charge on any atom is -0.350 e. The molecule has 0 saturated heterocycles. The predicted octanol–water partition coefficient (Wildman–Crippen LogP) is 2.09. The highest BCUT2D eigenvalue weighted by molar-refractivity contribution is 5.91. The molecule has 1 aliphatic rings. The Morgan fingerprint density at radius 2 is 2.06 bits per heavy atom. The summed E-state index contributed by atoms with van der Waals surface area (Å²) in [5, 5.41) is 6.33. The molecule has 0 radical (unpaired) electrons. The van der Waals surface area contributed by atoms with E-state index in [1.54, 1.807) is 18.3 Å². The van der Waals surface area contributed by atoms with Gasteiger partial charge in [0.1, 0.15) is 18.3 Å². The first-order chi connectivity index (χ1) is 7.86. The van der Waals surface area contributed by atoms with E-state index in [-0.39, 0.29) is 0 Å². The number of benzene rings is 1. The Balaban J connectivity index is 2.08. The minimum absolute atomic E-state index is 0.630. The monoisotopic (exact) mass is 212 g/mol. The van der Waals surface area contributed by atoms with Crippen molar-refractivity contribution in [3.63, 3.8) is 0 Å². The number of anilines is 4. The number of carbonyl (C=O) groups is 1. The first-order valence-corrected chi connectivity index (χ1v) is 4.80. The van der Waals surface area contributed by atoms with Crippen molar-refractivity contribution in [2.45, 2.75) is 0 Å². The van der Waals surface area contributed by atoms with Gasteiger partial charge in [-0.3, -0.25) is 4.79 Å². The average Bonchev–Trinajstić information content (AvgIpc) is 2.35. The van der Waals surface area contributed by atoms with E-state index in [0.29, 0.717) is 11.4 Å². The van der Waals surface area contributed by atoms with Gasteiger partial charge < -0.3 is 10.6 Å². The lowest BCUT2D eigenvalue weighted by molar-refractivity contribution is 0.112. The third kappa shape index (κ3) is 1.30. The minimum atomic E-state index is 0.630. The van der Waals surface area contributed by atoms with E-state index < -0.39 is 0 Å². The zero-order valence-electron chi connectivity index (χ0n) is 8.27. The molecule has 0 saturated carbocycles. The van der Waals surface area contributed by atoms with E-state index in [2.05, 4.69) is 20.6 Å². The number of aldehydes is 1. The van der Waals surface area contributed by atoms with Crippen molar-refractivity contribution in [2.24, 2.45) is 0 Å². The highest BCUT2D eigenvalue weighted by atomic mass is 16.1. The number of nitrogens with one attached hydrogen (secondary N) is 2. The Kier molecular flexibility index (Phi) is 1.83. The molecular formula is C11H8N4O. The number of rotatable bonds is 1. The van der Waals surface area contributed by atoms with E-state index in [0.717, 1.165) is 23.3 Å². The van der Waals surface area contributed by atoms with Gasteiger partial charge in [0.25, 0.3) is 0 Å². The summed E-state index contributed by atoms with van der Waals surface area (Å²) >= 11 is 0. The molecule has 2 aromatic rings. The van der Waals surface area contributed by atoms with E-state index in [1.165, 1.54) is 6.33 Å². The molecule has 1 aliphatic heterocycles. The third-order valence-corrected chi connectivity index (χ3v) is 2.41. The van der Waals surface area contributed by atoms with Crippen LogP contribution in [0, 0.1) is 0 Å². The van der Waals surface area contributed by atoms with Crippen LogP contribution in [-0.4, -0.2) is 16.3 Å². The maximum absolute atomic E-state index is 10.7. The predicted molar refractivity (Wildman–Crippen MR) is 60.4 cm³/mol. The van der Waals surface area contributed by atoms with Crippen LogP contribution in [0.1, 0.15) is 10.4 Å². The van der Waals surface area contributed by atoms with Crippen LogP contribution in [0.3, 0.4) is 0 Å². The lowest BCUT2D eigenvalue weighted by Gasteiger charge is -2.21. The molecule has 78 valence electrons. The fourth-order valence-electron chi connectivity index (χ4n) is 1.64. The SMILES string of the molecule is O=Cc1ccc2c(c1)Nc1ncncc1N2. The van der Waals surface area contributed by atoms with Gasteiger partial charge in [0.2, 0.25) is 0 Å².